The Morgan fingerprint density at radius 3 is 2.44 bits per heavy atom. The number of aromatic nitrogens is 2. The van der Waals surface area contributed by atoms with Crippen LogP contribution in [0.3, 0.4) is 0 Å². The van der Waals surface area contributed by atoms with E-state index < -0.39 is 5.82 Å². The minimum absolute atomic E-state index is 0. The van der Waals surface area contributed by atoms with Gasteiger partial charge in [0.1, 0.15) is 0 Å². The van der Waals surface area contributed by atoms with Crippen LogP contribution in [-0.4, -0.2) is 36.1 Å². The highest BCUT2D eigenvalue weighted by Crippen LogP contribution is 2.15. The molecule has 1 aliphatic rings. The molecule has 2 rings (SSSR count). The highest BCUT2D eigenvalue weighted by molar-refractivity contribution is 5.85. The third-order valence-electron chi connectivity index (χ3n) is 2.78. The molecule has 1 saturated heterocycles. The van der Waals surface area contributed by atoms with Gasteiger partial charge in [-0.15, -0.1) is 12.4 Å². The summed E-state index contributed by atoms with van der Waals surface area (Å²) in [7, 11) is 1.96. The zero-order valence-corrected chi connectivity index (χ0v) is 10.0. The van der Waals surface area contributed by atoms with E-state index in [1.165, 1.54) is 12.4 Å². The molecule has 0 atom stereocenters. The normalized spacial score (nSPS) is 16.6. The summed E-state index contributed by atoms with van der Waals surface area (Å²) in [6.45, 7) is 2.05. The molecule has 1 aliphatic heterocycles. The third-order valence-corrected chi connectivity index (χ3v) is 2.78. The van der Waals surface area contributed by atoms with Gasteiger partial charge in [-0.1, -0.05) is 0 Å². The van der Waals surface area contributed by atoms with Crippen molar-refractivity contribution in [1.29, 1.82) is 0 Å². The lowest BCUT2D eigenvalue weighted by Crippen LogP contribution is -2.41. The molecule has 6 heteroatoms. The largest absolute Gasteiger partial charge is 0.341 e. The molecule has 90 valence electrons. The Morgan fingerprint density at radius 2 is 1.88 bits per heavy atom. The standard InChI is InChI=1S/C10H15FN4.ClH/c1-15(9-2-4-12-5-3-9)10-13-6-8(11)7-14-10;/h6-7,9,12H,2-5H2,1H3;1H. The van der Waals surface area contributed by atoms with Gasteiger partial charge in [0.25, 0.3) is 0 Å². The fourth-order valence-corrected chi connectivity index (χ4v) is 1.84. The topological polar surface area (TPSA) is 41.1 Å². The minimum atomic E-state index is -0.391. The lowest BCUT2D eigenvalue weighted by atomic mass is 10.1. The van der Waals surface area contributed by atoms with Crippen LogP contribution in [0, 0.1) is 5.82 Å². The number of halogens is 2. The molecule has 0 amide bonds. The second-order valence-corrected chi connectivity index (χ2v) is 3.79. The van der Waals surface area contributed by atoms with Gasteiger partial charge in [-0.2, -0.15) is 0 Å². The van der Waals surface area contributed by atoms with Crippen LogP contribution >= 0.6 is 12.4 Å². The van der Waals surface area contributed by atoms with Crippen molar-refractivity contribution in [2.24, 2.45) is 0 Å². The van der Waals surface area contributed by atoms with Crippen molar-refractivity contribution in [2.45, 2.75) is 18.9 Å². The van der Waals surface area contributed by atoms with Gasteiger partial charge in [0.2, 0.25) is 5.95 Å². The first kappa shape index (κ1) is 13.1. The van der Waals surface area contributed by atoms with Crippen molar-refractivity contribution in [3.8, 4) is 0 Å². The summed E-state index contributed by atoms with van der Waals surface area (Å²) >= 11 is 0. The van der Waals surface area contributed by atoms with E-state index in [0.717, 1.165) is 25.9 Å². The van der Waals surface area contributed by atoms with Crippen LogP contribution in [0.15, 0.2) is 12.4 Å². The van der Waals surface area contributed by atoms with Gasteiger partial charge >= 0.3 is 0 Å². The molecule has 0 aromatic carbocycles. The average molecular weight is 247 g/mol. The molecule has 2 heterocycles. The molecule has 0 spiro atoms. The van der Waals surface area contributed by atoms with Crippen molar-refractivity contribution < 1.29 is 4.39 Å². The lowest BCUT2D eigenvalue weighted by molar-refractivity contribution is 0.439. The summed E-state index contributed by atoms with van der Waals surface area (Å²) in [5.74, 6) is 0.209. The molecule has 0 aliphatic carbocycles. The van der Waals surface area contributed by atoms with Crippen LogP contribution in [0.4, 0.5) is 10.3 Å². The maximum Gasteiger partial charge on any atom is 0.225 e. The third kappa shape index (κ3) is 3.02. The van der Waals surface area contributed by atoms with Crippen LogP contribution in [0.5, 0.6) is 0 Å². The van der Waals surface area contributed by atoms with Crippen LogP contribution < -0.4 is 10.2 Å². The molecule has 0 radical (unpaired) electrons. The van der Waals surface area contributed by atoms with Gasteiger partial charge in [-0.3, -0.25) is 0 Å². The van der Waals surface area contributed by atoms with Crippen LogP contribution in [0.25, 0.3) is 0 Å². The number of nitrogens with zero attached hydrogens (tertiary/aromatic N) is 3. The van der Waals surface area contributed by atoms with E-state index >= 15 is 0 Å². The van der Waals surface area contributed by atoms with E-state index in [-0.39, 0.29) is 12.4 Å². The van der Waals surface area contributed by atoms with E-state index in [9.17, 15) is 4.39 Å². The number of nitrogens with one attached hydrogen (secondary N) is 1. The molecule has 1 fully saturated rings. The minimum Gasteiger partial charge on any atom is -0.341 e. The van der Waals surface area contributed by atoms with Crippen molar-refractivity contribution in [3.05, 3.63) is 18.2 Å². The molecule has 1 aromatic rings. The van der Waals surface area contributed by atoms with E-state index in [1.807, 2.05) is 11.9 Å². The first-order valence-electron chi connectivity index (χ1n) is 5.18. The van der Waals surface area contributed by atoms with E-state index in [0.29, 0.717) is 12.0 Å². The van der Waals surface area contributed by atoms with Gasteiger partial charge in [-0.25, -0.2) is 14.4 Å². The van der Waals surface area contributed by atoms with Crippen LogP contribution in [-0.2, 0) is 0 Å². The summed E-state index contributed by atoms with van der Waals surface area (Å²) in [5.41, 5.74) is 0. The van der Waals surface area contributed by atoms with Crippen molar-refractivity contribution in [3.63, 3.8) is 0 Å². The maximum atomic E-state index is 12.6. The molecule has 0 bridgehead atoms. The molecular weight excluding hydrogens is 231 g/mol. The second-order valence-electron chi connectivity index (χ2n) is 3.79. The fraction of sp³-hybridized carbons (Fsp3) is 0.600. The number of piperidine rings is 1. The molecule has 4 nitrogen and oxygen atoms in total. The van der Waals surface area contributed by atoms with E-state index in [4.69, 9.17) is 0 Å². The molecule has 16 heavy (non-hydrogen) atoms. The van der Waals surface area contributed by atoms with Crippen molar-refractivity contribution in [2.75, 3.05) is 25.0 Å². The summed E-state index contributed by atoms with van der Waals surface area (Å²) in [4.78, 5) is 9.97. The summed E-state index contributed by atoms with van der Waals surface area (Å²) in [6, 6.07) is 0.455. The number of hydrogen-bond donors (Lipinski definition) is 1. The van der Waals surface area contributed by atoms with Gasteiger partial charge < -0.3 is 10.2 Å². The van der Waals surface area contributed by atoms with Gasteiger partial charge in [-0.05, 0) is 25.9 Å². The molecular formula is C10H16ClFN4. The van der Waals surface area contributed by atoms with Gasteiger partial charge in [0.15, 0.2) is 5.82 Å². The Kier molecular flexibility index (Phi) is 4.89. The Bertz CT molecular complexity index is 313. The highest BCUT2D eigenvalue weighted by atomic mass is 35.5. The summed E-state index contributed by atoms with van der Waals surface area (Å²) < 4.78 is 12.6. The Hall–Kier alpha value is -0.940. The van der Waals surface area contributed by atoms with Crippen LogP contribution in [0.2, 0.25) is 0 Å². The zero-order chi connectivity index (χ0) is 10.7. The molecule has 0 unspecified atom stereocenters. The predicted molar refractivity (Wildman–Crippen MR) is 63.5 cm³/mol. The number of rotatable bonds is 2. The Morgan fingerprint density at radius 1 is 1.31 bits per heavy atom. The predicted octanol–water partition coefficient (Wildman–Crippen LogP) is 1.23. The van der Waals surface area contributed by atoms with Crippen LogP contribution in [0.1, 0.15) is 12.8 Å². The van der Waals surface area contributed by atoms with Crippen molar-refractivity contribution >= 4 is 18.4 Å². The van der Waals surface area contributed by atoms with Gasteiger partial charge in [0.05, 0.1) is 12.4 Å². The van der Waals surface area contributed by atoms with E-state index in [1.54, 1.807) is 0 Å². The van der Waals surface area contributed by atoms with E-state index in [2.05, 4.69) is 15.3 Å². The number of hydrogen-bond acceptors (Lipinski definition) is 4. The Labute approximate surface area is 101 Å². The SMILES string of the molecule is CN(c1ncc(F)cn1)C1CCNCC1.Cl. The second kappa shape index (κ2) is 5.96. The first-order valence-corrected chi connectivity index (χ1v) is 5.18. The monoisotopic (exact) mass is 246 g/mol. The summed E-state index contributed by atoms with van der Waals surface area (Å²) in [5, 5.41) is 3.30. The maximum absolute atomic E-state index is 12.6. The lowest BCUT2D eigenvalue weighted by Gasteiger charge is -2.31. The fourth-order valence-electron chi connectivity index (χ4n) is 1.84. The molecule has 1 N–H and O–H groups in total. The highest BCUT2D eigenvalue weighted by Gasteiger charge is 2.19. The van der Waals surface area contributed by atoms with Crippen molar-refractivity contribution in [1.82, 2.24) is 15.3 Å². The molecule has 0 saturated carbocycles. The molecule has 1 aromatic heterocycles. The zero-order valence-electron chi connectivity index (χ0n) is 9.19. The summed E-state index contributed by atoms with van der Waals surface area (Å²) in [6.07, 6.45) is 4.58. The number of anilines is 1. The first-order chi connectivity index (χ1) is 7.27. The average Bonchev–Trinajstić information content (AvgIpc) is 2.30. The van der Waals surface area contributed by atoms with Gasteiger partial charge in [0, 0.05) is 13.1 Å². The Balaban J connectivity index is 0.00000128. The smallest absolute Gasteiger partial charge is 0.225 e. The quantitative estimate of drug-likeness (QED) is 0.852.